The molecule has 20 heavy (non-hydrogen) atoms. The second-order valence-corrected chi connectivity index (χ2v) is 4.63. The van der Waals surface area contributed by atoms with Gasteiger partial charge in [-0.25, -0.2) is 4.98 Å². The summed E-state index contributed by atoms with van der Waals surface area (Å²) in [5, 5.41) is 1.44. The quantitative estimate of drug-likeness (QED) is 0.464. The van der Waals surface area contributed by atoms with Crippen molar-refractivity contribution in [2.75, 3.05) is 13.2 Å². The maximum absolute atomic E-state index is 11.2. The lowest BCUT2D eigenvalue weighted by molar-refractivity contribution is -0.143. The minimum absolute atomic E-state index is 0.187. The van der Waals surface area contributed by atoms with Gasteiger partial charge in [0.15, 0.2) is 0 Å². The largest absolute Gasteiger partial charge is 0.494 e. The second kappa shape index (κ2) is 7.10. The second-order valence-electron chi connectivity index (χ2n) is 4.25. The summed E-state index contributed by atoms with van der Waals surface area (Å²) >= 11 is 5.83. The molecular formula is C15H16ClNO3. The Kier molecular flexibility index (Phi) is 5.18. The molecule has 1 aromatic carbocycles. The summed E-state index contributed by atoms with van der Waals surface area (Å²) < 4.78 is 10.5. The Labute approximate surface area is 122 Å². The van der Waals surface area contributed by atoms with E-state index in [-0.39, 0.29) is 5.97 Å². The zero-order valence-corrected chi connectivity index (χ0v) is 12.0. The number of carbonyl (C=O) groups is 1. The summed E-state index contributed by atoms with van der Waals surface area (Å²) in [6.45, 7) is 2.69. The molecule has 0 atom stereocenters. The monoisotopic (exact) mass is 293 g/mol. The van der Waals surface area contributed by atoms with Gasteiger partial charge in [-0.2, -0.15) is 0 Å². The average molecular weight is 294 g/mol. The molecular weight excluding hydrogens is 278 g/mol. The van der Waals surface area contributed by atoms with Crippen molar-refractivity contribution in [2.24, 2.45) is 0 Å². The number of hydrogen-bond acceptors (Lipinski definition) is 4. The van der Waals surface area contributed by atoms with Crippen molar-refractivity contribution in [3.8, 4) is 5.75 Å². The summed E-state index contributed by atoms with van der Waals surface area (Å²) in [5.41, 5.74) is 0.830. The first-order chi connectivity index (χ1) is 9.69. The number of carbonyl (C=O) groups excluding carboxylic acids is 1. The number of rotatable bonds is 6. The standard InChI is InChI=1S/C15H16ClNO3/c1-2-19-15(18)4-3-9-20-12-6-7-13-11(10-12)5-8-14(16)17-13/h5-8,10H,2-4,9H2,1H3. The number of fused-ring (bicyclic) bond motifs is 1. The van der Waals surface area contributed by atoms with Gasteiger partial charge in [-0.05, 0) is 43.7 Å². The minimum Gasteiger partial charge on any atom is -0.494 e. The molecule has 2 rings (SSSR count). The lowest BCUT2D eigenvalue weighted by Gasteiger charge is -2.07. The lowest BCUT2D eigenvalue weighted by Crippen LogP contribution is -2.06. The van der Waals surface area contributed by atoms with Gasteiger partial charge in [0, 0.05) is 11.8 Å². The number of ether oxygens (including phenoxy) is 2. The minimum atomic E-state index is -0.187. The zero-order chi connectivity index (χ0) is 14.4. The highest BCUT2D eigenvalue weighted by Gasteiger charge is 2.03. The normalized spacial score (nSPS) is 10.5. The Hall–Kier alpha value is -1.81. The number of pyridine rings is 1. The van der Waals surface area contributed by atoms with Gasteiger partial charge < -0.3 is 9.47 Å². The third-order valence-corrected chi connectivity index (χ3v) is 2.94. The predicted molar refractivity (Wildman–Crippen MR) is 78.1 cm³/mol. The number of esters is 1. The fourth-order valence-electron chi connectivity index (χ4n) is 1.81. The SMILES string of the molecule is CCOC(=O)CCCOc1ccc2nc(Cl)ccc2c1. The molecule has 5 heteroatoms. The van der Waals surface area contributed by atoms with Crippen molar-refractivity contribution < 1.29 is 14.3 Å². The van der Waals surface area contributed by atoms with Gasteiger partial charge in [-0.1, -0.05) is 11.6 Å². The van der Waals surface area contributed by atoms with Gasteiger partial charge in [0.1, 0.15) is 10.9 Å². The summed E-state index contributed by atoms with van der Waals surface area (Å²) in [4.78, 5) is 15.4. The first kappa shape index (κ1) is 14.6. The van der Waals surface area contributed by atoms with E-state index in [4.69, 9.17) is 21.1 Å². The van der Waals surface area contributed by atoms with Crippen molar-refractivity contribution >= 4 is 28.5 Å². The summed E-state index contributed by atoms with van der Waals surface area (Å²) in [6.07, 6.45) is 1.01. The summed E-state index contributed by atoms with van der Waals surface area (Å²) in [5.74, 6) is 0.568. The predicted octanol–water partition coefficient (Wildman–Crippen LogP) is 3.61. The van der Waals surface area contributed by atoms with Crippen molar-refractivity contribution in [3.05, 3.63) is 35.5 Å². The topological polar surface area (TPSA) is 48.4 Å². The molecule has 4 nitrogen and oxygen atoms in total. The molecule has 0 radical (unpaired) electrons. The van der Waals surface area contributed by atoms with E-state index in [0.717, 1.165) is 16.7 Å². The van der Waals surface area contributed by atoms with Gasteiger partial charge in [-0.3, -0.25) is 4.79 Å². The first-order valence-electron chi connectivity index (χ1n) is 6.54. The Balaban J connectivity index is 1.87. The number of hydrogen-bond donors (Lipinski definition) is 0. The Morgan fingerprint density at radius 2 is 2.15 bits per heavy atom. The van der Waals surface area contributed by atoms with Gasteiger partial charge in [-0.15, -0.1) is 0 Å². The summed E-state index contributed by atoms with van der Waals surface area (Å²) in [6, 6.07) is 9.26. The molecule has 0 aliphatic rings. The Morgan fingerprint density at radius 1 is 1.30 bits per heavy atom. The Bertz CT molecular complexity index is 601. The van der Waals surface area contributed by atoms with Crippen LogP contribution in [0.25, 0.3) is 10.9 Å². The van der Waals surface area contributed by atoms with Crippen LogP contribution in [0.2, 0.25) is 5.15 Å². The first-order valence-corrected chi connectivity index (χ1v) is 6.91. The van der Waals surface area contributed by atoms with E-state index < -0.39 is 0 Å². The Morgan fingerprint density at radius 3 is 2.95 bits per heavy atom. The molecule has 0 N–H and O–H groups in total. The maximum Gasteiger partial charge on any atom is 0.305 e. The van der Waals surface area contributed by atoms with Crippen LogP contribution in [0.4, 0.5) is 0 Å². The van der Waals surface area contributed by atoms with E-state index in [9.17, 15) is 4.79 Å². The van der Waals surface area contributed by atoms with E-state index in [0.29, 0.717) is 31.2 Å². The van der Waals surface area contributed by atoms with Crippen LogP contribution in [-0.2, 0) is 9.53 Å². The smallest absolute Gasteiger partial charge is 0.305 e. The van der Waals surface area contributed by atoms with Crippen LogP contribution in [-0.4, -0.2) is 24.2 Å². The molecule has 0 saturated carbocycles. The van der Waals surface area contributed by atoms with E-state index in [1.807, 2.05) is 24.3 Å². The van der Waals surface area contributed by atoms with Crippen LogP contribution in [0.5, 0.6) is 5.75 Å². The molecule has 0 fully saturated rings. The number of halogens is 1. The zero-order valence-electron chi connectivity index (χ0n) is 11.3. The van der Waals surface area contributed by atoms with E-state index in [1.54, 1.807) is 13.0 Å². The lowest BCUT2D eigenvalue weighted by atomic mass is 10.2. The molecule has 106 valence electrons. The maximum atomic E-state index is 11.2. The molecule has 1 heterocycles. The molecule has 0 amide bonds. The van der Waals surface area contributed by atoms with Gasteiger partial charge in [0.25, 0.3) is 0 Å². The van der Waals surface area contributed by atoms with Crippen molar-refractivity contribution in [2.45, 2.75) is 19.8 Å². The molecule has 0 unspecified atom stereocenters. The molecule has 0 bridgehead atoms. The number of nitrogens with zero attached hydrogens (tertiary/aromatic N) is 1. The summed E-state index contributed by atoms with van der Waals surface area (Å²) in [7, 11) is 0. The van der Waals surface area contributed by atoms with E-state index in [1.165, 1.54) is 0 Å². The third kappa shape index (κ3) is 4.10. The fraction of sp³-hybridized carbons (Fsp3) is 0.333. The van der Waals surface area contributed by atoms with E-state index >= 15 is 0 Å². The number of aromatic nitrogens is 1. The molecule has 0 aliphatic heterocycles. The highest BCUT2D eigenvalue weighted by Crippen LogP contribution is 2.21. The molecule has 1 aromatic heterocycles. The van der Waals surface area contributed by atoms with Crippen molar-refractivity contribution in [3.63, 3.8) is 0 Å². The van der Waals surface area contributed by atoms with Crippen molar-refractivity contribution in [1.29, 1.82) is 0 Å². The van der Waals surface area contributed by atoms with Crippen molar-refractivity contribution in [1.82, 2.24) is 4.98 Å². The molecule has 0 aliphatic carbocycles. The average Bonchev–Trinajstić information content (AvgIpc) is 2.44. The molecule has 2 aromatic rings. The van der Waals surface area contributed by atoms with E-state index in [2.05, 4.69) is 4.98 Å². The van der Waals surface area contributed by atoms with Gasteiger partial charge in [0.2, 0.25) is 0 Å². The molecule has 0 saturated heterocycles. The van der Waals surface area contributed by atoms with Crippen LogP contribution >= 0.6 is 11.6 Å². The number of benzene rings is 1. The molecule has 0 spiro atoms. The third-order valence-electron chi connectivity index (χ3n) is 2.73. The van der Waals surface area contributed by atoms with Crippen LogP contribution in [0.3, 0.4) is 0 Å². The van der Waals surface area contributed by atoms with Crippen LogP contribution < -0.4 is 4.74 Å². The highest BCUT2D eigenvalue weighted by molar-refractivity contribution is 6.29. The van der Waals surface area contributed by atoms with Gasteiger partial charge in [0.05, 0.1) is 18.7 Å². The van der Waals surface area contributed by atoms with Crippen LogP contribution in [0.15, 0.2) is 30.3 Å². The van der Waals surface area contributed by atoms with Crippen LogP contribution in [0, 0.1) is 0 Å². The van der Waals surface area contributed by atoms with Crippen LogP contribution in [0.1, 0.15) is 19.8 Å². The highest BCUT2D eigenvalue weighted by atomic mass is 35.5. The fourth-order valence-corrected chi connectivity index (χ4v) is 1.96. The van der Waals surface area contributed by atoms with Gasteiger partial charge >= 0.3 is 5.97 Å².